The van der Waals surface area contributed by atoms with Gasteiger partial charge in [0, 0.05) is 22.3 Å². The maximum Gasteiger partial charge on any atom is 0.196 e. The second kappa shape index (κ2) is 9.77. The Morgan fingerprint density at radius 1 is 0.684 bits per heavy atom. The van der Waals surface area contributed by atoms with Crippen LogP contribution in [-0.2, 0) is 0 Å². The van der Waals surface area contributed by atoms with Gasteiger partial charge in [-0.2, -0.15) is 0 Å². The Morgan fingerprint density at radius 3 is 1.53 bits per heavy atom. The molecular formula is C27H16Cl2N4O3S2. The van der Waals surface area contributed by atoms with Gasteiger partial charge in [0.25, 0.3) is 0 Å². The van der Waals surface area contributed by atoms with E-state index < -0.39 is 0 Å². The van der Waals surface area contributed by atoms with Crippen LogP contribution in [0.15, 0.2) is 82.0 Å². The van der Waals surface area contributed by atoms with Gasteiger partial charge in [0.05, 0.1) is 32.3 Å². The molecular weight excluding hydrogens is 563 g/mol. The van der Waals surface area contributed by atoms with Gasteiger partial charge >= 0.3 is 0 Å². The molecule has 0 fully saturated rings. The summed E-state index contributed by atoms with van der Waals surface area (Å²) in [6.07, 6.45) is 3.11. The predicted molar refractivity (Wildman–Crippen MR) is 153 cm³/mol. The SMILES string of the molecule is Nc1nc(-c2ccco2)c(-c2cccc(C(=O)c3cccc(-c4sc(N)nc4-c4ccco4)c3Cl)c2Cl)s1. The first-order valence-corrected chi connectivity index (χ1v) is 13.5. The number of nitrogen functional groups attached to an aromatic ring is 2. The zero-order valence-electron chi connectivity index (χ0n) is 19.3. The van der Waals surface area contributed by atoms with E-state index in [0.29, 0.717) is 54.1 Å². The van der Waals surface area contributed by atoms with Crippen LogP contribution in [0.4, 0.5) is 10.3 Å². The van der Waals surface area contributed by atoms with Gasteiger partial charge in [0.1, 0.15) is 11.4 Å². The molecule has 0 saturated carbocycles. The third-order valence-corrected chi connectivity index (χ3v) is 8.42. The first-order valence-electron chi connectivity index (χ1n) is 11.1. The van der Waals surface area contributed by atoms with Crippen LogP contribution >= 0.6 is 45.9 Å². The topological polar surface area (TPSA) is 121 Å². The summed E-state index contributed by atoms with van der Waals surface area (Å²) in [5.74, 6) is 0.762. The number of halogens is 2. The summed E-state index contributed by atoms with van der Waals surface area (Å²) in [7, 11) is 0. The van der Waals surface area contributed by atoms with Crippen molar-refractivity contribution in [2.45, 2.75) is 0 Å². The zero-order chi connectivity index (χ0) is 26.4. The van der Waals surface area contributed by atoms with E-state index in [1.54, 1.807) is 61.1 Å². The highest BCUT2D eigenvalue weighted by Gasteiger charge is 2.25. The van der Waals surface area contributed by atoms with Gasteiger partial charge in [-0.15, -0.1) is 0 Å². The molecule has 188 valence electrons. The molecule has 38 heavy (non-hydrogen) atoms. The summed E-state index contributed by atoms with van der Waals surface area (Å²) in [4.78, 5) is 24.0. The summed E-state index contributed by atoms with van der Waals surface area (Å²) in [5.41, 5.74) is 14.9. The molecule has 7 nitrogen and oxygen atoms in total. The molecule has 6 rings (SSSR count). The number of hydrogen-bond acceptors (Lipinski definition) is 9. The van der Waals surface area contributed by atoms with E-state index >= 15 is 0 Å². The molecule has 4 N–H and O–H groups in total. The summed E-state index contributed by atoms with van der Waals surface area (Å²) in [6.45, 7) is 0. The Hall–Kier alpha value is -3.89. The van der Waals surface area contributed by atoms with Gasteiger partial charge in [0.2, 0.25) is 0 Å². The molecule has 0 aliphatic rings. The number of carbonyl (C=O) groups excluding carboxylic acids is 1. The molecule has 2 aromatic carbocycles. The monoisotopic (exact) mass is 578 g/mol. The van der Waals surface area contributed by atoms with Gasteiger partial charge in [0.15, 0.2) is 27.6 Å². The molecule has 0 unspecified atom stereocenters. The summed E-state index contributed by atoms with van der Waals surface area (Å²) in [6, 6.07) is 17.6. The van der Waals surface area contributed by atoms with Crippen LogP contribution in [0.2, 0.25) is 10.0 Å². The average molecular weight is 579 g/mol. The molecule has 4 heterocycles. The lowest BCUT2D eigenvalue weighted by Gasteiger charge is -2.12. The number of furan rings is 2. The van der Waals surface area contributed by atoms with E-state index in [2.05, 4.69) is 9.97 Å². The number of rotatable bonds is 6. The first-order chi connectivity index (χ1) is 18.4. The minimum atomic E-state index is -0.335. The van der Waals surface area contributed by atoms with Crippen LogP contribution in [0.3, 0.4) is 0 Å². The van der Waals surface area contributed by atoms with Crippen molar-refractivity contribution < 1.29 is 13.6 Å². The highest BCUT2D eigenvalue weighted by Crippen LogP contribution is 2.45. The van der Waals surface area contributed by atoms with Crippen LogP contribution in [-0.4, -0.2) is 15.8 Å². The third-order valence-electron chi connectivity index (χ3n) is 5.77. The van der Waals surface area contributed by atoms with Crippen molar-refractivity contribution in [2.24, 2.45) is 0 Å². The van der Waals surface area contributed by atoms with Crippen molar-refractivity contribution in [3.05, 3.63) is 94.4 Å². The van der Waals surface area contributed by atoms with Gasteiger partial charge < -0.3 is 20.3 Å². The van der Waals surface area contributed by atoms with Crippen molar-refractivity contribution in [1.29, 1.82) is 0 Å². The number of anilines is 2. The summed E-state index contributed by atoms with van der Waals surface area (Å²) < 4.78 is 11.1. The largest absolute Gasteiger partial charge is 0.463 e. The normalized spacial score (nSPS) is 11.2. The van der Waals surface area contributed by atoms with Crippen LogP contribution in [0.5, 0.6) is 0 Å². The fraction of sp³-hybridized carbons (Fsp3) is 0. The molecule has 0 aliphatic carbocycles. The van der Waals surface area contributed by atoms with Crippen LogP contribution < -0.4 is 11.5 Å². The van der Waals surface area contributed by atoms with E-state index in [9.17, 15) is 4.79 Å². The van der Waals surface area contributed by atoms with E-state index in [1.807, 2.05) is 12.1 Å². The Balaban J connectivity index is 1.44. The number of nitrogens with zero attached hydrogens (tertiary/aromatic N) is 2. The van der Waals surface area contributed by atoms with Crippen LogP contribution in [0, 0.1) is 0 Å². The quantitative estimate of drug-likeness (QED) is 0.191. The average Bonchev–Trinajstić information content (AvgIpc) is 3.71. The maximum atomic E-state index is 13.8. The highest BCUT2D eigenvalue weighted by molar-refractivity contribution is 7.19. The second-order valence-electron chi connectivity index (χ2n) is 8.08. The van der Waals surface area contributed by atoms with E-state index in [1.165, 1.54) is 22.7 Å². The number of nitrogens with two attached hydrogens (primary N) is 2. The molecule has 0 aliphatic heterocycles. The summed E-state index contributed by atoms with van der Waals surface area (Å²) in [5, 5.41) is 1.22. The zero-order valence-corrected chi connectivity index (χ0v) is 22.4. The minimum absolute atomic E-state index is 0.258. The van der Waals surface area contributed by atoms with Gasteiger partial charge in [-0.3, -0.25) is 4.79 Å². The van der Waals surface area contributed by atoms with Crippen molar-refractivity contribution >= 4 is 61.9 Å². The Morgan fingerprint density at radius 2 is 1.13 bits per heavy atom. The van der Waals surface area contributed by atoms with Crippen molar-refractivity contribution in [2.75, 3.05) is 11.5 Å². The maximum absolute atomic E-state index is 13.8. The summed E-state index contributed by atoms with van der Waals surface area (Å²) >= 11 is 16.2. The van der Waals surface area contributed by atoms with E-state index in [-0.39, 0.29) is 27.0 Å². The lowest BCUT2D eigenvalue weighted by atomic mass is 9.98. The Kier molecular flexibility index (Phi) is 6.29. The molecule has 0 saturated heterocycles. The standard InChI is InChI=1S/C27H16Cl2N4O3S2/c28-19-13(5-1-7-15(19)24-21(32-26(30)37-24)17-9-3-11-35-17)23(34)14-6-2-8-16(20(14)29)25-22(33-27(31)38-25)18-10-4-12-36-18/h1-12H,(H2,30,32)(H2,31,33). The van der Waals surface area contributed by atoms with Crippen molar-refractivity contribution in [3.63, 3.8) is 0 Å². The third kappa shape index (κ3) is 4.19. The first kappa shape index (κ1) is 24.4. The second-order valence-corrected chi connectivity index (χ2v) is 10.9. The van der Waals surface area contributed by atoms with Gasteiger partial charge in [-0.05, 0) is 36.4 Å². The minimum Gasteiger partial charge on any atom is -0.463 e. The molecule has 11 heteroatoms. The van der Waals surface area contributed by atoms with Crippen molar-refractivity contribution in [3.8, 4) is 43.8 Å². The Bertz CT molecular complexity index is 1660. The van der Waals surface area contributed by atoms with Crippen molar-refractivity contribution in [1.82, 2.24) is 9.97 Å². The number of hydrogen-bond donors (Lipinski definition) is 2. The molecule has 0 spiro atoms. The molecule has 6 aromatic rings. The number of benzene rings is 2. The lowest BCUT2D eigenvalue weighted by molar-refractivity contribution is 0.103. The fourth-order valence-electron chi connectivity index (χ4n) is 4.11. The smallest absolute Gasteiger partial charge is 0.196 e. The van der Waals surface area contributed by atoms with Gasteiger partial charge in [-0.1, -0.05) is 70.1 Å². The van der Waals surface area contributed by atoms with E-state index in [0.717, 1.165) is 0 Å². The van der Waals surface area contributed by atoms with Gasteiger partial charge in [-0.25, -0.2) is 9.97 Å². The number of thiazole rings is 2. The lowest BCUT2D eigenvalue weighted by Crippen LogP contribution is -2.04. The predicted octanol–water partition coefficient (Wildman–Crippen LogP) is 8.16. The Labute approximate surface area is 234 Å². The number of aromatic nitrogens is 2. The highest BCUT2D eigenvalue weighted by atomic mass is 35.5. The molecule has 0 bridgehead atoms. The van der Waals surface area contributed by atoms with Crippen LogP contribution in [0.25, 0.3) is 43.8 Å². The fourth-order valence-corrected chi connectivity index (χ4v) is 6.57. The molecule has 0 radical (unpaired) electrons. The molecule has 0 atom stereocenters. The molecule has 4 aromatic heterocycles. The van der Waals surface area contributed by atoms with E-state index in [4.69, 9.17) is 43.5 Å². The van der Waals surface area contributed by atoms with Crippen LogP contribution in [0.1, 0.15) is 15.9 Å². The number of ketones is 1. The molecule has 0 amide bonds. The number of carbonyl (C=O) groups is 1.